The number of hydrogen-bond acceptors (Lipinski definition) is 6. The SMILES string of the molecule is COCCOc1ccc(C(=O)NC(=S)NNC(=O)c2ccc(NC(=O)c3ccccc3C)cc2)cc1Br. The van der Waals surface area contributed by atoms with E-state index in [-0.39, 0.29) is 11.0 Å². The molecule has 0 aromatic heterocycles. The fourth-order valence-electron chi connectivity index (χ4n) is 3.12. The first-order valence-corrected chi connectivity index (χ1v) is 12.3. The number of carbonyl (C=O) groups is 3. The molecule has 9 nitrogen and oxygen atoms in total. The fraction of sp³-hybridized carbons (Fsp3) is 0.154. The molecule has 0 fully saturated rings. The maximum atomic E-state index is 12.5. The average Bonchev–Trinajstić information content (AvgIpc) is 2.89. The molecule has 3 rings (SSSR count). The number of halogens is 1. The summed E-state index contributed by atoms with van der Waals surface area (Å²) in [6.07, 6.45) is 0. The minimum absolute atomic E-state index is 0.0861. The van der Waals surface area contributed by atoms with E-state index in [0.29, 0.717) is 45.8 Å². The molecule has 3 amide bonds. The molecule has 11 heteroatoms. The molecular formula is C26H25BrN4O5S. The van der Waals surface area contributed by atoms with E-state index in [9.17, 15) is 14.4 Å². The Labute approximate surface area is 228 Å². The number of methoxy groups -OCH3 is 1. The van der Waals surface area contributed by atoms with Crippen LogP contribution in [0.15, 0.2) is 71.2 Å². The molecule has 0 aliphatic rings. The standard InChI is InChI=1S/C26H25BrN4O5S/c1-16-5-3-4-6-20(16)25(34)28-19-10-7-17(8-11-19)24(33)30-31-26(37)29-23(32)18-9-12-22(21(27)15-18)36-14-13-35-2/h3-12,15H,13-14H2,1-2H3,(H,28,34)(H,30,33)(H2,29,31,32,37). The summed E-state index contributed by atoms with van der Waals surface area (Å²) < 4.78 is 11.1. The minimum Gasteiger partial charge on any atom is -0.490 e. The van der Waals surface area contributed by atoms with Gasteiger partial charge in [-0.05, 0) is 89.2 Å². The van der Waals surface area contributed by atoms with Gasteiger partial charge in [-0.15, -0.1) is 0 Å². The highest BCUT2D eigenvalue weighted by Crippen LogP contribution is 2.26. The summed E-state index contributed by atoms with van der Waals surface area (Å²) in [5, 5.41) is 5.21. The first kappa shape index (κ1) is 27.8. The second-order valence-corrected chi connectivity index (χ2v) is 8.96. The molecule has 0 heterocycles. The van der Waals surface area contributed by atoms with E-state index in [1.54, 1.807) is 61.7 Å². The van der Waals surface area contributed by atoms with Crippen LogP contribution in [0.25, 0.3) is 0 Å². The number of nitrogens with one attached hydrogen (secondary N) is 4. The highest BCUT2D eigenvalue weighted by Gasteiger charge is 2.13. The molecular weight excluding hydrogens is 560 g/mol. The molecule has 0 spiro atoms. The third-order valence-corrected chi connectivity index (χ3v) is 5.87. The van der Waals surface area contributed by atoms with Gasteiger partial charge in [0.15, 0.2) is 5.11 Å². The van der Waals surface area contributed by atoms with E-state index < -0.39 is 11.8 Å². The van der Waals surface area contributed by atoms with Gasteiger partial charge in [-0.1, -0.05) is 18.2 Å². The lowest BCUT2D eigenvalue weighted by Gasteiger charge is -2.12. The van der Waals surface area contributed by atoms with Crippen LogP contribution in [0, 0.1) is 6.92 Å². The summed E-state index contributed by atoms with van der Waals surface area (Å²) in [6.45, 7) is 2.67. The largest absolute Gasteiger partial charge is 0.490 e. The van der Waals surface area contributed by atoms with Gasteiger partial charge in [0.05, 0.1) is 11.1 Å². The Morgan fingerprint density at radius 2 is 1.57 bits per heavy atom. The van der Waals surface area contributed by atoms with Crippen LogP contribution in [0.2, 0.25) is 0 Å². The number of hydrazine groups is 1. The fourth-order valence-corrected chi connectivity index (χ4v) is 3.75. The van der Waals surface area contributed by atoms with Crippen LogP contribution in [0.3, 0.4) is 0 Å². The average molecular weight is 585 g/mol. The Hall–Kier alpha value is -3.80. The van der Waals surface area contributed by atoms with Crippen LogP contribution in [0.1, 0.15) is 36.6 Å². The third kappa shape index (κ3) is 8.10. The van der Waals surface area contributed by atoms with E-state index in [0.717, 1.165) is 5.56 Å². The number of rotatable bonds is 8. The van der Waals surface area contributed by atoms with Gasteiger partial charge in [0.25, 0.3) is 17.7 Å². The maximum Gasteiger partial charge on any atom is 0.269 e. The zero-order chi connectivity index (χ0) is 26.8. The van der Waals surface area contributed by atoms with Gasteiger partial charge in [0.2, 0.25) is 0 Å². The van der Waals surface area contributed by atoms with E-state index >= 15 is 0 Å². The van der Waals surface area contributed by atoms with Crippen molar-refractivity contribution in [2.75, 3.05) is 25.6 Å². The summed E-state index contributed by atoms with van der Waals surface area (Å²) in [7, 11) is 1.58. The third-order valence-electron chi connectivity index (χ3n) is 5.05. The predicted molar refractivity (Wildman–Crippen MR) is 148 cm³/mol. The van der Waals surface area contributed by atoms with E-state index in [4.69, 9.17) is 21.7 Å². The minimum atomic E-state index is -0.478. The maximum absolute atomic E-state index is 12.5. The number of ether oxygens (including phenoxy) is 2. The number of amides is 3. The summed E-state index contributed by atoms with van der Waals surface area (Å²) in [5.41, 5.74) is 7.56. The number of benzene rings is 3. The summed E-state index contributed by atoms with van der Waals surface area (Å²) >= 11 is 8.47. The Morgan fingerprint density at radius 1 is 0.865 bits per heavy atom. The van der Waals surface area contributed by atoms with Crippen molar-refractivity contribution in [3.63, 3.8) is 0 Å². The molecule has 0 saturated carbocycles. The van der Waals surface area contributed by atoms with Crippen LogP contribution in [-0.4, -0.2) is 43.2 Å². The second-order valence-electron chi connectivity index (χ2n) is 7.70. The normalized spacial score (nSPS) is 10.2. The van der Waals surface area contributed by atoms with Gasteiger partial charge >= 0.3 is 0 Å². The van der Waals surface area contributed by atoms with Crippen LogP contribution in [0.5, 0.6) is 5.75 Å². The molecule has 0 aliphatic carbocycles. The zero-order valence-corrected chi connectivity index (χ0v) is 22.5. The highest BCUT2D eigenvalue weighted by atomic mass is 79.9. The molecule has 4 N–H and O–H groups in total. The lowest BCUT2D eigenvalue weighted by molar-refractivity contribution is 0.0934. The first-order valence-electron chi connectivity index (χ1n) is 11.1. The van der Waals surface area contributed by atoms with Gasteiger partial charge in [0.1, 0.15) is 12.4 Å². The van der Waals surface area contributed by atoms with Crippen molar-refractivity contribution in [1.29, 1.82) is 0 Å². The lowest BCUT2D eigenvalue weighted by atomic mass is 10.1. The van der Waals surface area contributed by atoms with Gasteiger partial charge < -0.3 is 14.8 Å². The smallest absolute Gasteiger partial charge is 0.269 e. The summed E-state index contributed by atoms with van der Waals surface area (Å²) in [5.74, 6) is -0.612. The Bertz CT molecular complexity index is 1300. The first-order chi connectivity index (χ1) is 17.8. The number of aryl methyl sites for hydroxylation is 1. The molecule has 192 valence electrons. The molecule has 0 saturated heterocycles. The van der Waals surface area contributed by atoms with Gasteiger partial charge in [-0.2, -0.15) is 0 Å². The highest BCUT2D eigenvalue weighted by molar-refractivity contribution is 9.10. The molecule has 0 bridgehead atoms. The number of hydrogen-bond donors (Lipinski definition) is 4. The summed E-state index contributed by atoms with van der Waals surface area (Å²) in [6, 6.07) is 18.4. The van der Waals surface area contributed by atoms with Crippen molar-refractivity contribution in [3.05, 3.63) is 93.5 Å². The van der Waals surface area contributed by atoms with E-state index in [2.05, 4.69) is 37.4 Å². The number of carbonyl (C=O) groups excluding carboxylic acids is 3. The van der Waals surface area contributed by atoms with Crippen molar-refractivity contribution in [1.82, 2.24) is 16.2 Å². The second kappa shape index (κ2) is 13.5. The van der Waals surface area contributed by atoms with Gasteiger partial charge in [0, 0.05) is 29.5 Å². The number of anilines is 1. The van der Waals surface area contributed by atoms with E-state index in [1.807, 2.05) is 19.1 Å². The number of thiocarbonyl (C=S) groups is 1. The van der Waals surface area contributed by atoms with Crippen molar-refractivity contribution in [3.8, 4) is 5.75 Å². The molecule has 3 aromatic carbocycles. The van der Waals surface area contributed by atoms with Crippen molar-refractivity contribution in [2.45, 2.75) is 6.92 Å². The topological polar surface area (TPSA) is 118 Å². The Morgan fingerprint density at radius 3 is 2.24 bits per heavy atom. The molecule has 0 radical (unpaired) electrons. The van der Waals surface area contributed by atoms with Crippen molar-refractivity contribution >= 4 is 56.7 Å². The zero-order valence-electron chi connectivity index (χ0n) is 20.1. The van der Waals surface area contributed by atoms with Crippen LogP contribution < -0.4 is 26.2 Å². The van der Waals surface area contributed by atoms with Crippen molar-refractivity contribution in [2.24, 2.45) is 0 Å². The molecule has 3 aromatic rings. The predicted octanol–water partition coefficient (Wildman–Crippen LogP) is 3.98. The Kier molecular flexibility index (Phi) is 10.1. The van der Waals surface area contributed by atoms with E-state index in [1.165, 1.54) is 0 Å². The lowest BCUT2D eigenvalue weighted by Crippen LogP contribution is -2.48. The molecule has 37 heavy (non-hydrogen) atoms. The van der Waals surface area contributed by atoms with Crippen molar-refractivity contribution < 1.29 is 23.9 Å². The quantitative estimate of drug-likeness (QED) is 0.180. The molecule has 0 unspecified atom stereocenters. The van der Waals surface area contributed by atoms with Gasteiger partial charge in [-0.25, -0.2) is 0 Å². The Balaban J connectivity index is 1.48. The monoisotopic (exact) mass is 584 g/mol. The summed E-state index contributed by atoms with van der Waals surface area (Å²) in [4.78, 5) is 37.4. The van der Waals surface area contributed by atoms with Gasteiger partial charge in [-0.3, -0.25) is 30.6 Å². The molecule has 0 aliphatic heterocycles. The molecule has 0 atom stereocenters. The van der Waals surface area contributed by atoms with Crippen LogP contribution in [0.4, 0.5) is 5.69 Å². The van der Waals surface area contributed by atoms with Crippen LogP contribution >= 0.6 is 28.1 Å². The van der Waals surface area contributed by atoms with Crippen LogP contribution in [-0.2, 0) is 4.74 Å².